The van der Waals surface area contributed by atoms with E-state index >= 15 is 0 Å². The summed E-state index contributed by atoms with van der Waals surface area (Å²) < 4.78 is 0. The summed E-state index contributed by atoms with van der Waals surface area (Å²) in [6.45, 7) is 1.56. The molecule has 0 bridgehead atoms. The van der Waals surface area contributed by atoms with Gasteiger partial charge in [0.05, 0.1) is 16.7 Å². The SMILES string of the molecule is CN(C)CCCO/N=C1\c2ccccc2-c2nc3ccccc3nc21.Cl. The minimum atomic E-state index is 0. The molecule has 26 heavy (non-hydrogen) atoms. The van der Waals surface area contributed by atoms with Crippen molar-refractivity contribution in [3.63, 3.8) is 0 Å². The van der Waals surface area contributed by atoms with E-state index in [9.17, 15) is 0 Å². The van der Waals surface area contributed by atoms with Crippen molar-refractivity contribution >= 4 is 29.2 Å². The molecule has 134 valence electrons. The van der Waals surface area contributed by atoms with E-state index in [4.69, 9.17) is 14.8 Å². The zero-order valence-electron chi connectivity index (χ0n) is 14.8. The summed E-state index contributed by atoms with van der Waals surface area (Å²) in [6, 6.07) is 16.0. The van der Waals surface area contributed by atoms with Crippen LogP contribution in [0.3, 0.4) is 0 Å². The van der Waals surface area contributed by atoms with Crippen LogP contribution in [0.2, 0.25) is 0 Å². The third kappa shape index (κ3) is 3.41. The van der Waals surface area contributed by atoms with E-state index in [0.717, 1.165) is 52.2 Å². The van der Waals surface area contributed by atoms with Crippen LogP contribution in [0, 0.1) is 0 Å². The molecule has 0 fully saturated rings. The average Bonchev–Trinajstić information content (AvgIpc) is 2.93. The number of hydrogen-bond donors (Lipinski definition) is 0. The largest absolute Gasteiger partial charge is 0.395 e. The Kier molecular flexibility index (Phi) is 5.49. The predicted molar refractivity (Wildman–Crippen MR) is 107 cm³/mol. The first-order valence-electron chi connectivity index (χ1n) is 8.45. The van der Waals surface area contributed by atoms with Crippen LogP contribution in [-0.4, -0.2) is 47.8 Å². The number of nitrogens with zero attached hydrogens (tertiary/aromatic N) is 4. The maximum Gasteiger partial charge on any atom is 0.138 e. The van der Waals surface area contributed by atoms with Gasteiger partial charge in [0, 0.05) is 17.7 Å². The van der Waals surface area contributed by atoms with Gasteiger partial charge in [0.1, 0.15) is 18.0 Å². The van der Waals surface area contributed by atoms with Crippen LogP contribution in [0.1, 0.15) is 17.7 Å². The van der Waals surface area contributed by atoms with Gasteiger partial charge < -0.3 is 9.74 Å². The molecular weight excluding hydrogens is 348 g/mol. The second-order valence-electron chi connectivity index (χ2n) is 6.39. The topological polar surface area (TPSA) is 50.6 Å². The van der Waals surface area contributed by atoms with Gasteiger partial charge in [-0.1, -0.05) is 41.6 Å². The van der Waals surface area contributed by atoms with Crippen molar-refractivity contribution < 1.29 is 4.84 Å². The van der Waals surface area contributed by atoms with E-state index in [-0.39, 0.29) is 12.4 Å². The molecule has 0 amide bonds. The molecule has 3 aromatic rings. The highest BCUT2D eigenvalue weighted by atomic mass is 35.5. The number of benzene rings is 2. The number of para-hydroxylation sites is 2. The minimum absolute atomic E-state index is 0. The molecule has 6 heteroatoms. The minimum Gasteiger partial charge on any atom is -0.395 e. The van der Waals surface area contributed by atoms with Gasteiger partial charge in [0.25, 0.3) is 0 Å². The smallest absolute Gasteiger partial charge is 0.138 e. The number of oxime groups is 1. The molecule has 1 aromatic heterocycles. The highest BCUT2D eigenvalue weighted by molar-refractivity contribution is 6.23. The maximum absolute atomic E-state index is 5.59. The first-order chi connectivity index (χ1) is 12.2. The number of rotatable bonds is 5. The van der Waals surface area contributed by atoms with Crippen molar-refractivity contribution in [2.45, 2.75) is 6.42 Å². The van der Waals surface area contributed by atoms with Crippen molar-refractivity contribution in [3.8, 4) is 11.3 Å². The molecule has 4 rings (SSSR count). The Hall–Kier alpha value is -2.50. The second-order valence-corrected chi connectivity index (χ2v) is 6.39. The molecule has 0 radical (unpaired) electrons. The lowest BCUT2D eigenvalue weighted by Crippen LogP contribution is -2.14. The zero-order valence-corrected chi connectivity index (χ0v) is 15.7. The van der Waals surface area contributed by atoms with Crippen LogP contribution in [0.5, 0.6) is 0 Å². The number of fused-ring (bicyclic) bond motifs is 4. The van der Waals surface area contributed by atoms with Gasteiger partial charge in [0.2, 0.25) is 0 Å². The van der Waals surface area contributed by atoms with Gasteiger partial charge in [0.15, 0.2) is 0 Å². The predicted octanol–water partition coefficient (Wildman–Crippen LogP) is 3.75. The molecule has 1 heterocycles. The fourth-order valence-corrected chi connectivity index (χ4v) is 3.02. The average molecular weight is 369 g/mol. The molecule has 0 aliphatic heterocycles. The Labute approximate surface area is 159 Å². The normalized spacial score (nSPS) is 13.6. The molecule has 1 aliphatic carbocycles. The van der Waals surface area contributed by atoms with Gasteiger partial charge in [-0.25, -0.2) is 9.97 Å². The Morgan fingerprint density at radius 2 is 1.50 bits per heavy atom. The van der Waals surface area contributed by atoms with Crippen LogP contribution < -0.4 is 0 Å². The molecule has 0 unspecified atom stereocenters. The first kappa shape index (κ1) is 18.3. The monoisotopic (exact) mass is 368 g/mol. The van der Waals surface area contributed by atoms with Gasteiger partial charge in [-0.3, -0.25) is 0 Å². The first-order valence-corrected chi connectivity index (χ1v) is 8.45. The highest BCUT2D eigenvalue weighted by Crippen LogP contribution is 2.35. The molecule has 0 spiro atoms. The van der Waals surface area contributed by atoms with Crippen molar-refractivity contribution in [3.05, 3.63) is 59.8 Å². The van der Waals surface area contributed by atoms with Gasteiger partial charge >= 0.3 is 0 Å². The molecule has 0 saturated carbocycles. The van der Waals surface area contributed by atoms with Crippen LogP contribution in [0.4, 0.5) is 0 Å². The summed E-state index contributed by atoms with van der Waals surface area (Å²) in [5, 5.41) is 4.41. The standard InChI is InChI=1S/C20H20N4O.ClH/c1-24(2)12-7-13-25-23-19-15-9-4-3-8-14(15)18-20(19)22-17-11-6-5-10-16(17)21-18;/h3-6,8-11H,7,12-13H2,1-2H3;1H/b23-19+;. The maximum atomic E-state index is 5.59. The molecule has 0 saturated heterocycles. The fraction of sp³-hybridized carbons (Fsp3) is 0.250. The molecule has 0 N–H and O–H groups in total. The lowest BCUT2D eigenvalue weighted by atomic mass is 10.1. The van der Waals surface area contributed by atoms with E-state index in [1.807, 2.05) is 42.5 Å². The fourth-order valence-electron chi connectivity index (χ4n) is 3.02. The van der Waals surface area contributed by atoms with E-state index in [0.29, 0.717) is 6.61 Å². The van der Waals surface area contributed by atoms with Crippen molar-refractivity contribution in [2.75, 3.05) is 27.2 Å². The molecular formula is C20H21ClN4O. The molecule has 1 aliphatic rings. The van der Waals surface area contributed by atoms with Gasteiger partial charge in [-0.05, 0) is 32.6 Å². The van der Waals surface area contributed by atoms with Gasteiger partial charge in [-0.2, -0.15) is 0 Å². The summed E-state index contributed by atoms with van der Waals surface area (Å²) in [6.07, 6.45) is 0.932. The van der Waals surface area contributed by atoms with Crippen LogP contribution in [-0.2, 0) is 4.84 Å². The Morgan fingerprint density at radius 1 is 0.885 bits per heavy atom. The number of halogens is 1. The van der Waals surface area contributed by atoms with Crippen LogP contribution in [0.15, 0.2) is 53.7 Å². The third-order valence-corrected chi connectivity index (χ3v) is 4.23. The number of hydrogen-bond acceptors (Lipinski definition) is 5. The van der Waals surface area contributed by atoms with Crippen molar-refractivity contribution in [1.82, 2.24) is 14.9 Å². The summed E-state index contributed by atoms with van der Waals surface area (Å²) in [5.41, 5.74) is 6.30. The van der Waals surface area contributed by atoms with Crippen molar-refractivity contribution in [2.24, 2.45) is 5.16 Å². The lowest BCUT2D eigenvalue weighted by molar-refractivity contribution is 0.135. The summed E-state index contributed by atoms with van der Waals surface area (Å²) in [5.74, 6) is 0. The Morgan fingerprint density at radius 3 is 2.19 bits per heavy atom. The van der Waals surface area contributed by atoms with Gasteiger partial charge in [-0.15, -0.1) is 12.4 Å². The Bertz CT molecular complexity index is 955. The van der Waals surface area contributed by atoms with E-state index in [1.165, 1.54) is 0 Å². The summed E-state index contributed by atoms with van der Waals surface area (Å²) in [4.78, 5) is 17.3. The molecule has 0 atom stereocenters. The second kappa shape index (κ2) is 7.81. The summed E-state index contributed by atoms with van der Waals surface area (Å²) >= 11 is 0. The number of aromatic nitrogens is 2. The molecule has 5 nitrogen and oxygen atoms in total. The third-order valence-electron chi connectivity index (χ3n) is 4.23. The van der Waals surface area contributed by atoms with E-state index in [1.54, 1.807) is 0 Å². The zero-order chi connectivity index (χ0) is 17.2. The molecule has 2 aromatic carbocycles. The summed E-state index contributed by atoms with van der Waals surface area (Å²) in [7, 11) is 4.10. The quantitative estimate of drug-likeness (QED) is 0.397. The highest BCUT2D eigenvalue weighted by Gasteiger charge is 2.28. The van der Waals surface area contributed by atoms with E-state index < -0.39 is 0 Å². The van der Waals surface area contributed by atoms with Crippen molar-refractivity contribution in [1.29, 1.82) is 0 Å². The van der Waals surface area contributed by atoms with Crippen LogP contribution >= 0.6 is 12.4 Å². The van der Waals surface area contributed by atoms with E-state index in [2.05, 4.69) is 30.2 Å². The van der Waals surface area contributed by atoms with Crippen LogP contribution in [0.25, 0.3) is 22.3 Å². The lowest BCUT2D eigenvalue weighted by Gasteiger charge is -2.08. The Balaban J connectivity index is 0.00000196.